The molecule has 0 bridgehead atoms. The summed E-state index contributed by atoms with van der Waals surface area (Å²) >= 11 is 0. The molecule has 0 spiro atoms. The van der Waals surface area contributed by atoms with Crippen molar-refractivity contribution in [2.24, 2.45) is 0 Å². The predicted molar refractivity (Wildman–Crippen MR) is 48.4 cm³/mol. The molecule has 1 unspecified atom stereocenters. The summed E-state index contributed by atoms with van der Waals surface area (Å²) in [7, 11) is 1.70. The summed E-state index contributed by atoms with van der Waals surface area (Å²) in [6.45, 7) is 2.07. The van der Waals surface area contributed by atoms with Gasteiger partial charge in [-0.25, -0.2) is 0 Å². The normalized spacial score (nSPS) is 12.2. The molecule has 0 aliphatic carbocycles. The highest BCUT2D eigenvalue weighted by Gasteiger charge is 2.12. The SMILES string of the molecule is CCC(NC)C(=O)NCCC(=O)O. The summed E-state index contributed by atoms with van der Waals surface area (Å²) in [6.07, 6.45) is 0.654. The minimum atomic E-state index is -0.905. The zero-order chi connectivity index (χ0) is 10.3. The van der Waals surface area contributed by atoms with E-state index in [-0.39, 0.29) is 24.9 Å². The van der Waals surface area contributed by atoms with Crippen LogP contribution in [0.4, 0.5) is 0 Å². The number of hydrogen-bond acceptors (Lipinski definition) is 3. The summed E-state index contributed by atoms with van der Waals surface area (Å²) in [4.78, 5) is 21.3. The Balaban J connectivity index is 3.66. The molecular formula is C8H16N2O3. The number of amides is 1. The molecule has 5 nitrogen and oxygen atoms in total. The van der Waals surface area contributed by atoms with Crippen LogP contribution in [-0.4, -0.2) is 36.6 Å². The van der Waals surface area contributed by atoms with Gasteiger partial charge in [-0.05, 0) is 13.5 Å². The quantitative estimate of drug-likeness (QED) is 0.529. The Morgan fingerprint density at radius 2 is 2.08 bits per heavy atom. The average molecular weight is 188 g/mol. The molecule has 3 N–H and O–H groups in total. The molecule has 0 heterocycles. The van der Waals surface area contributed by atoms with Crippen molar-refractivity contribution >= 4 is 11.9 Å². The molecule has 0 aliphatic rings. The van der Waals surface area contributed by atoms with Crippen LogP contribution in [0.3, 0.4) is 0 Å². The fourth-order valence-corrected chi connectivity index (χ4v) is 0.936. The van der Waals surface area contributed by atoms with Crippen molar-refractivity contribution in [3.8, 4) is 0 Å². The largest absolute Gasteiger partial charge is 0.481 e. The third-order valence-electron chi connectivity index (χ3n) is 1.71. The van der Waals surface area contributed by atoms with Crippen molar-refractivity contribution in [1.82, 2.24) is 10.6 Å². The zero-order valence-electron chi connectivity index (χ0n) is 7.96. The summed E-state index contributed by atoms with van der Waals surface area (Å²) in [6, 6.07) is -0.228. The van der Waals surface area contributed by atoms with E-state index in [2.05, 4.69) is 10.6 Å². The predicted octanol–water partition coefficient (Wildman–Crippen LogP) is -0.425. The van der Waals surface area contributed by atoms with E-state index in [1.54, 1.807) is 7.05 Å². The Morgan fingerprint density at radius 1 is 1.46 bits per heavy atom. The van der Waals surface area contributed by atoms with Gasteiger partial charge in [-0.1, -0.05) is 6.92 Å². The molecule has 1 amide bonds. The van der Waals surface area contributed by atoms with Gasteiger partial charge in [-0.3, -0.25) is 9.59 Å². The number of aliphatic carboxylic acids is 1. The maximum absolute atomic E-state index is 11.2. The number of likely N-dealkylation sites (N-methyl/N-ethyl adjacent to an activating group) is 1. The van der Waals surface area contributed by atoms with Gasteiger partial charge in [0, 0.05) is 6.54 Å². The lowest BCUT2D eigenvalue weighted by atomic mass is 10.2. The molecule has 0 radical (unpaired) electrons. The third-order valence-corrected chi connectivity index (χ3v) is 1.71. The van der Waals surface area contributed by atoms with Crippen molar-refractivity contribution in [3.63, 3.8) is 0 Å². The first-order valence-corrected chi connectivity index (χ1v) is 4.28. The minimum absolute atomic E-state index is 0.0358. The van der Waals surface area contributed by atoms with E-state index in [0.29, 0.717) is 6.42 Å². The number of carboxylic acids is 1. The van der Waals surface area contributed by atoms with E-state index in [1.807, 2.05) is 6.92 Å². The van der Waals surface area contributed by atoms with Crippen molar-refractivity contribution in [1.29, 1.82) is 0 Å². The monoisotopic (exact) mass is 188 g/mol. The number of nitrogens with one attached hydrogen (secondary N) is 2. The molecule has 0 aromatic heterocycles. The summed E-state index contributed by atoms with van der Waals surface area (Å²) in [5.74, 6) is -1.05. The van der Waals surface area contributed by atoms with Gasteiger partial charge in [0.05, 0.1) is 12.5 Å². The lowest BCUT2D eigenvalue weighted by Crippen LogP contribution is -2.42. The van der Waals surface area contributed by atoms with Crippen molar-refractivity contribution in [2.45, 2.75) is 25.8 Å². The highest BCUT2D eigenvalue weighted by Crippen LogP contribution is 1.89. The van der Waals surface area contributed by atoms with Crippen LogP contribution in [0.15, 0.2) is 0 Å². The Hall–Kier alpha value is -1.10. The lowest BCUT2D eigenvalue weighted by molar-refractivity contribution is -0.136. The highest BCUT2D eigenvalue weighted by molar-refractivity contribution is 5.82. The first-order chi connectivity index (χ1) is 6.11. The molecule has 0 aliphatic heterocycles. The van der Waals surface area contributed by atoms with Gasteiger partial charge in [-0.15, -0.1) is 0 Å². The van der Waals surface area contributed by atoms with E-state index >= 15 is 0 Å². The van der Waals surface area contributed by atoms with Gasteiger partial charge in [0.15, 0.2) is 0 Å². The molecule has 0 fully saturated rings. The Kier molecular flexibility index (Phi) is 5.88. The van der Waals surface area contributed by atoms with Gasteiger partial charge >= 0.3 is 5.97 Å². The van der Waals surface area contributed by atoms with Gasteiger partial charge in [0.25, 0.3) is 0 Å². The number of carbonyl (C=O) groups excluding carboxylic acids is 1. The smallest absolute Gasteiger partial charge is 0.305 e. The highest BCUT2D eigenvalue weighted by atomic mass is 16.4. The van der Waals surface area contributed by atoms with Crippen LogP contribution in [0.5, 0.6) is 0 Å². The van der Waals surface area contributed by atoms with Gasteiger partial charge < -0.3 is 15.7 Å². The van der Waals surface area contributed by atoms with Crippen LogP contribution >= 0.6 is 0 Å². The Bertz CT molecular complexity index is 178. The summed E-state index contributed by atoms with van der Waals surface area (Å²) < 4.78 is 0. The fourth-order valence-electron chi connectivity index (χ4n) is 0.936. The van der Waals surface area contributed by atoms with E-state index in [4.69, 9.17) is 5.11 Å². The maximum atomic E-state index is 11.2. The van der Waals surface area contributed by atoms with Gasteiger partial charge in [0.1, 0.15) is 0 Å². The second kappa shape index (κ2) is 6.42. The first-order valence-electron chi connectivity index (χ1n) is 4.28. The number of carboxylic acid groups (broad SMARTS) is 1. The molecule has 0 aromatic rings. The molecule has 0 saturated heterocycles. The molecular weight excluding hydrogens is 172 g/mol. The van der Waals surface area contributed by atoms with Gasteiger partial charge in [-0.2, -0.15) is 0 Å². The van der Waals surface area contributed by atoms with E-state index in [1.165, 1.54) is 0 Å². The van der Waals surface area contributed by atoms with E-state index < -0.39 is 5.97 Å². The summed E-state index contributed by atoms with van der Waals surface area (Å²) in [5, 5.41) is 13.7. The van der Waals surface area contributed by atoms with E-state index in [0.717, 1.165) is 0 Å². The molecule has 0 saturated carbocycles. The zero-order valence-corrected chi connectivity index (χ0v) is 7.96. The van der Waals surface area contributed by atoms with Gasteiger partial charge in [0.2, 0.25) is 5.91 Å². The van der Waals surface area contributed by atoms with Crippen LogP contribution in [0, 0.1) is 0 Å². The molecule has 5 heteroatoms. The topological polar surface area (TPSA) is 78.4 Å². The fraction of sp³-hybridized carbons (Fsp3) is 0.750. The lowest BCUT2D eigenvalue weighted by Gasteiger charge is -2.12. The van der Waals surface area contributed by atoms with Crippen LogP contribution < -0.4 is 10.6 Å². The Morgan fingerprint density at radius 3 is 2.46 bits per heavy atom. The molecule has 0 aromatic carbocycles. The van der Waals surface area contributed by atoms with Crippen LogP contribution in [0.2, 0.25) is 0 Å². The molecule has 0 rings (SSSR count). The Labute approximate surface area is 77.5 Å². The van der Waals surface area contributed by atoms with Crippen LogP contribution in [-0.2, 0) is 9.59 Å². The number of hydrogen-bond donors (Lipinski definition) is 3. The second-order valence-electron chi connectivity index (χ2n) is 2.68. The number of carbonyl (C=O) groups is 2. The summed E-state index contributed by atoms with van der Waals surface area (Å²) in [5.41, 5.74) is 0. The maximum Gasteiger partial charge on any atom is 0.305 e. The third kappa shape index (κ3) is 5.19. The van der Waals surface area contributed by atoms with Crippen molar-refractivity contribution in [2.75, 3.05) is 13.6 Å². The number of rotatable bonds is 6. The van der Waals surface area contributed by atoms with Crippen molar-refractivity contribution < 1.29 is 14.7 Å². The standard InChI is InChI=1S/C8H16N2O3/c1-3-6(9-2)8(13)10-5-4-7(11)12/h6,9H,3-5H2,1-2H3,(H,10,13)(H,11,12). The molecule has 76 valence electrons. The van der Waals surface area contributed by atoms with Crippen LogP contribution in [0.1, 0.15) is 19.8 Å². The van der Waals surface area contributed by atoms with E-state index in [9.17, 15) is 9.59 Å². The second-order valence-corrected chi connectivity index (χ2v) is 2.68. The first kappa shape index (κ1) is 11.9. The molecule has 13 heavy (non-hydrogen) atoms. The van der Waals surface area contributed by atoms with Crippen LogP contribution in [0.25, 0.3) is 0 Å². The average Bonchev–Trinajstić information content (AvgIpc) is 2.05. The van der Waals surface area contributed by atoms with Crippen molar-refractivity contribution in [3.05, 3.63) is 0 Å². The minimum Gasteiger partial charge on any atom is -0.481 e. The molecule has 1 atom stereocenters.